The second-order valence-corrected chi connectivity index (χ2v) is 3.81. The molecule has 0 N–H and O–H groups in total. The molecule has 4 nitrogen and oxygen atoms in total. The third kappa shape index (κ3) is 3.38. The fourth-order valence-electron chi connectivity index (χ4n) is 1.06. The molecule has 0 spiro atoms. The van der Waals surface area contributed by atoms with E-state index in [-0.39, 0.29) is 6.10 Å². The number of halogens is 1. The average Bonchev–Trinajstić information content (AvgIpc) is 2.20. The van der Waals surface area contributed by atoms with Crippen molar-refractivity contribution in [3.05, 3.63) is 22.8 Å². The summed E-state index contributed by atoms with van der Waals surface area (Å²) < 4.78 is 10.2. The summed E-state index contributed by atoms with van der Waals surface area (Å²) in [5.41, 5.74) is 0.321. The maximum atomic E-state index is 11.5. The van der Waals surface area contributed by atoms with E-state index in [2.05, 4.69) is 4.98 Å². The summed E-state index contributed by atoms with van der Waals surface area (Å²) in [7, 11) is 0. The molecule has 0 fully saturated rings. The highest BCUT2D eigenvalue weighted by Gasteiger charge is 2.12. The van der Waals surface area contributed by atoms with E-state index in [1.165, 1.54) is 12.3 Å². The molecule has 1 aromatic rings. The number of carbonyl (C=O) groups is 1. The average molecular weight is 244 g/mol. The third-order valence-corrected chi connectivity index (χ3v) is 1.94. The molecule has 0 aliphatic heterocycles. The van der Waals surface area contributed by atoms with E-state index in [1.807, 2.05) is 6.92 Å². The van der Waals surface area contributed by atoms with E-state index in [0.717, 1.165) is 0 Å². The lowest BCUT2D eigenvalue weighted by Crippen LogP contribution is -2.12. The maximum Gasteiger partial charge on any atom is 0.340 e. The van der Waals surface area contributed by atoms with Gasteiger partial charge < -0.3 is 9.47 Å². The molecule has 0 aliphatic rings. The van der Waals surface area contributed by atoms with E-state index >= 15 is 0 Å². The van der Waals surface area contributed by atoms with Gasteiger partial charge in [0.15, 0.2) is 0 Å². The van der Waals surface area contributed by atoms with Crippen molar-refractivity contribution in [1.29, 1.82) is 0 Å². The topological polar surface area (TPSA) is 48.4 Å². The van der Waals surface area contributed by atoms with Gasteiger partial charge in [0.25, 0.3) is 0 Å². The Morgan fingerprint density at radius 3 is 2.75 bits per heavy atom. The molecule has 1 aromatic heterocycles. The second-order valence-electron chi connectivity index (χ2n) is 3.40. The number of pyridine rings is 1. The molecule has 1 rings (SSSR count). The molecule has 0 bridgehead atoms. The van der Waals surface area contributed by atoms with E-state index in [1.54, 1.807) is 13.8 Å². The molecule has 0 amide bonds. The minimum atomic E-state index is -0.438. The Kier molecular flexibility index (Phi) is 4.55. The number of rotatable bonds is 4. The van der Waals surface area contributed by atoms with Gasteiger partial charge in [0.2, 0.25) is 5.88 Å². The first-order valence-electron chi connectivity index (χ1n) is 5.04. The first kappa shape index (κ1) is 12.8. The zero-order valence-electron chi connectivity index (χ0n) is 9.49. The van der Waals surface area contributed by atoms with Gasteiger partial charge >= 0.3 is 5.97 Å². The summed E-state index contributed by atoms with van der Waals surface area (Å²) in [5, 5.41) is 0.306. The Labute approximate surface area is 99.5 Å². The number of hydrogen-bond acceptors (Lipinski definition) is 4. The summed E-state index contributed by atoms with van der Waals surface area (Å²) in [6, 6.07) is 1.49. The van der Waals surface area contributed by atoms with E-state index in [0.29, 0.717) is 23.1 Å². The van der Waals surface area contributed by atoms with Crippen LogP contribution in [0.4, 0.5) is 0 Å². The van der Waals surface area contributed by atoms with Crippen molar-refractivity contribution in [3.8, 4) is 5.88 Å². The highest BCUT2D eigenvalue weighted by atomic mass is 35.5. The van der Waals surface area contributed by atoms with Crippen LogP contribution in [0.25, 0.3) is 0 Å². The number of esters is 1. The molecule has 5 heteroatoms. The fraction of sp³-hybridized carbons (Fsp3) is 0.455. The minimum absolute atomic E-state index is 0.169. The van der Waals surface area contributed by atoms with Gasteiger partial charge in [-0.25, -0.2) is 9.78 Å². The van der Waals surface area contributed by atoms with Crippen LogP contribution in [0, 0.1) is 0 Å². The number of hydrogen-bond donors (Lipinski definition) is 0. The van der Waals surface area contributed by atoms with Crippen molar-refractivity contribution < 1.29 is 14.3 Å². The Bertz CT molecular complexity index is 379. The molecule has 0 radical (unpaired) electrons. The molecular formula is C11H14ClNO3. The monoisotopic (exact) mass is 243 g/mol. The van der Waals surface area contributed by atoms with Gasteiger partial charge in [0, 0.05) is 6.20 Å². The van der Waals surface area contributed by atoms with Gasteiger partial charge in [-0.05, 0) is 26.8 Å². The Morgan fingerprint density at radius 1 is 1.56 bits per heavy atom. The van der Waals surface area contributed by atoms with Gasteiger partial charge in [-0.3, -0.25) is 0 Å². The Hall–Kier alpha value is -1.29. The molecule has 0 saturated heterocycles. The predicted octanol–water partition coefficient (Wildman–Crippen LogP) is 2.70. The van der Waals surface area contributed by atoms with Crippen molar-refractivity contribution in [2.45, 2.75) is 26.9 Å². The number of carbonyl (C=O) groups excluding carboxylic acids is 1. The third-order valence-electron chi connectivity index (χ3n) is 1.67. The van der Waals surface area contributed by atoms with E-state index in [4.69, 9.17) is 21.1 Å². The van der Waals surface area contributed by atoms with Crippen LogP contribution in [0.15, 0.2) is 12.3 Å². The van der Waals surface area contributed by atoms with Crippen molar-refractivity contribution in [2.75, 3.05) is 6.61 Å². The number of nitrogens with zero attached hydrogens (tertiary/aromatic N) is 1. The molecule has 0 unspecified atom stereocenters. The molecule has 0 aromatic carbocycles. The first-order chi connectivity index (χ1) is 7.54. The summed E-state index contributed by atoms with van der Waals surface area (Å²) in [6.45, 7) is 5.87. The van der Waals surface area contributed by atoms with Crippen LogP contribution in [0.3, 0.4) is 0 Å². The maximum absolute atomic E-state index is 11.5. The minimum Gasteiger partial charge on any atom is -0.477 e. The van der Waals surface area contributed by atoms with Crippen LogP contribution < -0.4 is 4.74 Å². The summed E-state index contributed by atoms with van der Waals surface area (Å²) >= 11 is 5.89. The highest BCUT2D eigenvalue weighted by Crippen LogP contribution is 2.22. The molecule has 16 heavy (non-hydrogen) atoms. The van der Waals surface area contributed by atoms with Gasteiger partial charge in [-0.2, -0.15) is 0 Å². The highest BCUT2D eigenvalue weighted by molar-refractivity contribution is 6.32. The molecule has 0 aliphatic carbocycles. The van der Waals surface area contributed by atoms with Crippen molar-refractivity contribution in [2.24, 2.45) is 0 Å². The van der Waals surface area contributed by atoms with Crippen LogP contribution in [-0.4, -0.2) is 23.7 Å². The SMILES string of the molecule is CCOc1ncc(C(=O)OC(C)C)cc1Cl. The predicted molar refractivity (Wildman–Crippen MR) is 61.0 cm³/mol. The zero-order chi connectivity index (χ0) is 12.1. The quantitative estimate of drug-likeness (QED) is 0.763. The van der Waals surface area contributed by atoms with Crippen LogP contribution in [0.5, 0.6) is 5.88 Å². The number of ether oxygens (including phenoxy) is 2. The molecule has 88 valence electrons. The van der Waals surface area contributed by atoms with Gasteiger partial charge in [-0.1, -0.05) is 11.6 Å². The summed E-state index contributed by atoms with van der Waals surface area (Å²) in [6.07, 6.45) is 1.22. The lowest BCUT2D eigenvalue weighted by atomic mass is 10.3. The summed E-state index contributed by atoms with van der Waals surface area (Å²) in [4.78, 5) is 15.5. The second kappa shape index (κ2) is 5.70. The molecule has 1 heterocycles. The first-order valence-corrected chi connectivity index (χ1v) is 5.41. The fourth-order valence-corrected chi connectivity index (χ4v) is 1.28. The molecule has 0 saturated carbocycles. The van der Waals surface area contributed by atoms with Crippen LogP contribution in [-0.2, 0) is 4.74 Å². The van der Waals surface area contributed by atoms with E-state index < -0.39 is 5.97 Å². The largest absolute Gasteiger partial charge is 0.477 e. The van der Waals surface area contributed by atoms with E-state index in [9.17, 15) is 4.79 Å². The van der Waals surface area contributed by atoms with Crippen molar-refractivity contribution >= 4 is 17.6 Å². The van der Waals surface area contributed by atoms with Crippen LogP contribution >= 0.6 is 11.6 Å². The van der Waals surface area contributed by atoms with Crippen molar-refractivity contribution in [3.63, 3.8) is 0 Å². The smallest absolute Gasteiger partial charge is 0.340 e. The van der Waals surface area contributed by atoms with Gasteiger partial charge in [0.05, 0.1) is 18.3 Å². The number of aromatic nitrogens is 1. The Balaban J connectivity index is 2.84. The summed E-state index contributed by atoms with van der Waals surface area (Å²) in [5.74, 6) is -0.113. The lowest BCUT2D eigenvalue weighted by Gasteiger charge is -2.09. The standard InChI is InChI=1S/C11H14ClNO3/c1-4-15-10-9(12)5-8(6-13-10)11(14)16-7(2)3/h5-7H,4H2,1-3H3. The van der Waals surface area contributed by atoms with Gasteiger partial charge in [0.1, 0.15) is 5.02 Å². The van der Waals surface area contributed by atoms with Crippen LogP contribution in [0.2, 0.25) is 5.02 Å². The van der Waals surface area contributed by atoms with Crippen LogP contribution in [0.1, 0.15) is 31.1 Å². The Morgan fingerprint density at radius 2 is 2.25 bits per heavy atom. The molecular weight excluding hydrogens is 230 g/mol. The zero-order valence-corrected chi connectivity index (χ0v) is 10.2. The van der Waals surface area contributed by atoms with Gasteiger partial charge in [-0.15, -0.1) is 0 Å². The normalized spacial score (nSPS) is 10.3. The molecule has 0 atom stereocenters. The lowest BCUT2D eigenvalue weighted by molar-refractivity contribution is 0.0377. The van der Waals surface area contributed by atoms with Crippen molar-refractivity contribution in [1.82, 2.24) is 4.98 Å².